The molecule has 2 atom stereocenters. The number of thiazole rings is 1. The number of hydrogen-bond acceptors (Lipinski definition) is 5. The Labute approximate surface area is 127 Å². The van der Waals surface area contributed by atoms with Gasteiger partial charge in [-0.3, -0.25) is 14.1 Å². The molecule has 0 amide bonds. The van der Waals surface area contributed by atoms with Crippen LogP contribution in [0.15, 0.2) is 16.2 Å². The van der Waals surface area contributed by atoms with E-state index in [1.165, 1.54) is 11.3 Å². The van der Waals surface area contributed by atoms with Crippen LogP contribution < -0.4 is 5.56 Å². The van der Waals surface area contributed by atoms with Gasteiger partial charge in [0.05, 0.1) is 11.8 Å². The Morgan fingerprint density at radius 1 is 1.48 bits per heavy atom. The molecular formula is C15H21N3O2S. The van der Waals surface area contributed by atoms with Crippen molar-refractivity contribution in [3.63, 3.8) is 0 Å². The predicted octanol–water partition coefficient (Wildman–Crippen LogP) is 1.80. The molecule has 1 aliphatic rings. The molecular weight excluding hydrogens is 286 g/mol. The summed E-state index contributed by atoms with van der Waals surface area (Å²) in [5.41, 5.74) is 1.68. The molecule has 21 heavy (non-hydrogen) atoms. The minimum absolute atomic E-state index is 0.0219. The molecule has 114 valence electrons. The largest absolute Gasteiger partial charge is 0.391 e. The van der Waals surface area contributed by atoms with Crippen molar-refractivity contribution < 1.29 is 5.11 Å². The summed E-state index contributed by atoms with van der Waals surface area (Å²) < 4.78 is 1.64. The third-order valence-corrected chi connectivity index (χ3v) is 5.24. The smallest absolute Gasteiger partial charge is 0.259 e. The van der Waals surface area contributed by atoms with Gasteiger partial charge in [-0.05, 0) is 26.8 Å². The Morgan fingerprint density at radius 3 is 3.00 bits per heavy atom. The van der Waals surface area contributed by atoms with E-state index in [0.717, 1.165) is 42.0 Å². The topological polar surface area (TPSA) is 57.8 Å². The number of hydrogen-bond donors (Lipinski definition) is 1. The van der Waals surface area contributed by atoms with E-state index < -0.39 is 0 Å². The molecule has 3 rings (SSSR count). The molecule has 6 heteroatoms. The molecule has 1 fully saturated rings. The fraction of sp³-hybridized carbons (Fsp3) is 0.600. The Hall–Kier alpha value is -1.24. The van der Waals surface area contributed by atoms with Gasteiger partial charge in [-0.25, -0.2) is 4.98 Å². The van der Waals surface area contributed by atoms with Crippen LogP contribution in [0.5, 0.6) is 0 Å². The predicted molar refractivity (Wildman–Crippen MR) is 83.8 cm³/mol. The molecule has 0 saturated heterocycles. The molecule has 0 bridgehead atoms. The molecule has 1 N–H and O–H groups in total. The normalized spacial score (nSPS) is 23.0. The van der Waals surface area contributed by atoms with Gasteiger partial charge in [0.2, 0.25) is 0 Å². The van der Waals surface area contributed by atoms with Crippen LogP contribution in [0, 0.1) is 6.92 Å². The summed E-state index contributed by atoms with van der Waals surface area (Å²) in [6, 6.07) is 1.78. The zero-order valence-corrected chi connectivity index (χ0v) is 13.3. The lowest BCUT2D eigenvalue weighted by molar-refractivity contribution is 0.0283. The van der Waals surface area contributed by atoms with Gasteiger partial charge in [0.1, 0.15) is 0 Å². The Kier molecular flexibility index (Phi) is 4.10. The fourth-order valence-electron chi connectivity index (χ4n) is 3.16. The second-order valence-corrected chi connectivity index (χ2v) is 6.75. The SMILES string of the molecule is Cc1csc2nc(CN(C)C3CCCCC3O)cc(=O)n12. The van der Waals surface area contributed by atoms with Crippen molar-refractivity contribution in [2.45, 2.75) is 51.3 Å². The average molecular weight is 307 g/mol. The van der Waals surface area contributed by atoms with E-state index in [1.807, 2.05) is 19.4 Å². The number of aromatic nitrogens is 2. The third kappa shape index (κ3) is 2.88. The number of aliphatic hydroxyl groups is 1. The van der Waals surface area contributed by atoms with Crippen molar-refractivity contribution in [2.75, 3.05) is 7.05 Å². The molecule has 1 aliphatic carbocycles. The van der Waals surface area contributed by atoms with E-state index in [0.29, 0.717) is 6.54 Å². The number of fused-ring (bicyclic) bond motifs is 1. The van der Waals surface area contributed by atoms with Crippen molar-refractivity contribution in [3.05, 3.63) is 33.2 Å². The first-order valence-corrected chi connectivity index (χ1v) is 8.29. The highest BCUT2D eigenvalue weighted by molar-refractivity contribution is 7.15. The monoisotopic (exact) mass is 307 g/mol. The molecule has 0 aromatic carbocycles. The first-order chi connectivity index (χ1) is 10.1. The molecule has 0 radical (unpaired) electrons. The summed E-state index contributed by atoms with van der Waals surface area (Å²) in [5, 5.41) is 12.1. The first kappa shape index (κ1) is 14.7. The summed E-state index contributed by atoms with van der Waals surface area (Å²) in [7, 11) is 2.00. The van der Waals surface area contributed by atoms with Crippen LogP contribution in [0.25, 0.3) is 4.96 Å². The van der Waals surface area contributed by atoms with Crippen LogP contribution in [0.1, 0.15) is 37.1 Å². The highest BCUT2D eigenvalue weighted by Crippen LogP contribution is 2.23. The fourth-order valence-corrected chi connectivity index (χ4v) is 4.05. The molecule has 2 heterocycles. The Morgan fingerprint density at radius 2 is 2.24 bits per heavy atom. The Bertz CT molecular complexity index is 694. The van der Waals surface area contributed by atoms with E-state index in [2.05, 4.69) is 9.88 Å². The number of aryl methyl sites for hydroxylation is 1. The molecule has 5 nitrogen and oxygen atoms in total. The van der Waals surface area contributed by atoms with Crippen molar-refractivity contribution >= 4 is 16.3 Å². The minimum Gasteiger partial charge on any atom is -0.391 e. The third-order valence-electron chi connectivity index (χ3n) is 4.30. The van der Waals surface area contributed by atoms with Crippen LogP contribution in [-0.2, 0) is 6.54 Å². The van der Waals surface area contributed by atoms with Gasteiger partial charge in [-0.2, -0.15) is 0 Å². The molecule has 2 aromatic heterocycles. The lowest BCUT2D eigenvalue weighted by Gasteiger charge is -2.34. The van der Waals surface area contributed by atoms with Crippen molar-refractivity contribution in [1.82, 2.24) is 14.3 Å². The van der Waals surface area contributed by atoms with Crippen molar-refractivity contribution in [1.29, 1.82) is 0 Å². The summed E-state index contributed by atoms with van der Waals surface area (Å²) in [6.07, 6.45) is 3.87. The van der Waals surface area contributed by atoms with Crippen LogP contribution in [0.3, 0.4) is 0 Å². The second-order valence-electron chi connectivity index (χ2n) is 5.92. The summed E-state index contributed by atoms with van der Waals surface area (Å²) >= 11 is 1.49. The van der Waals surface area contributed by atoms with Gasteiger partial charge in [0.15, 0.2) is 4.96 Å². The van der Waals surface area contributed by atoms with Gasteiger partial charge < -0.3 is 5.11 Å². The lowest BCUT2D eigenvalue weighted by Crippen LogP contribution is -2.43. The molecule has 2 aromatic rings. The van der Waals surface area contributed by atoms with Gasteiger partial charge in [0, 0.05) is 29.7 Å². The van der Waals surface area contributed by atoms with Crippen LogP contribution in [-0.4, -0.2) is 38.6 Å². The van der Waals surface area contributed by atoms with Crippen LogP contribution in [0.4, 0.5) is 0 Å². The van der Waals surface area contributed by atoms with Crippen LogP contribution in [0.2, 0.25) is 0 Å². The minimum atomic E-state index is -0.266. The van der Waals surface area contributed by atoms with Crippen molar-refractivity contribution in [2.24, 2.45) is 0 Å². The first-order valence-electron chi connectivity index (χ1n) is 7.41. The van der Waals surface area contributed by atoms with E-state index in [4.69, 9.17) is 0 Å². The lowest BCUT2D eigenvalue weighted by atomic mass is 9.91. The van der Waals surface area contributed by atoms with Crippen LogP contribution >= 0.6 is 11.3 Å². The van der Waals surface area contributed by atoms with Crippen molar-refractivity contribution in [3.8, 4) is 0 Å². The second kappa shape index (κ2) is 5.87. The number of rotatable bonds is 3. The van der Waals surface area contributed by atoms with E-state index >= 15 is 0 Å². The summed E-state index contributed by atoms with van der Waals surface area (Å²) in [6.45, 7) is 2.52. The standard InChI is InChI=1S/C15H21N3O2S/c1-10-9-21-15-16-11(7-14(20)18(10)15)8-17(2)12-5-3-4-6-13(12)19/h7,9,12-13,19H,3-6,8H2,1-2H3. The number of aliphatic hydroxyl groups excluding tert-OH is 1. The van der Waals surface area contributed by atoms with Gasteiger partial charge in [-0.1, -0.05) is 12.8 Å². The maximum atomic E-state index is 12.2. The van der Waals surface area contributed by atoms with E-state index in [-0.39, 0.29) is 17.7 Å². The highest BCUT2D eigenvalue weighted by atomic mass is 32.1. The maximum absolute atomic E-state index is 12.2. The zero-order chi connectivity index (χ0) is 15.0. The molecule has 0 aliphatic heterocycles. The van der Waals surface area contributed by atoms with Gasteiger partial charge in [-0.15, -0.1) is 11.3 Å². The quantitative estimate of drug-likeness (QED) is 0.939. The summed E-state index contributed by atoms with van der Waals surface area (Å²) in [5.74, 6) is 0. The molecule has 0 spiro atoms. The molecule has 2 unspecified atom stereocenters. The van der Waals surface area contributed by atoms with E-state index in [9.17, 15) is 9.90 Å². The number of nitrogens with zero attached hydrogens (tertiary/aromatic N) is 3. The number of likely N-dealkylation sites (N-methyl/N-ethyl adjacent to an activating group) is 1. The van der Waals surface area contributed by atoms with E-state index in [1.54, 1.807) is 10.5 Å². The van der Waals surface area contributed by atoms with Gasteiger partial charge in [0.25, 0.3) is 5.56 Å². The molecule has 1 saturated carbocycles. The zero-order valence-electron chi connectivity index (χ0n) is 12.5. The maximum Gasteiger partial charge on any atom is 0.259 e. The average Bonchev–Trinajstić information content (AvgIpc) is 2.81. The Balaban J connectivity index is 1.82. The summed E-state index contributed by atoms with van der Waals surface area (Å²) in [4.78, 5) is 19.6. The highest BCUT2D eigenvalue weighted by Gasteiger charge is 2.26. The van der Waals surface area contributed by atoms with Gasteiger partial charge >= 0.3 is 0 Å².